The van der Waals surface area contributed by atoms with E-state index in [-0.39, 0.29) is 19.5 Å². The lowest BCUT2D eigenvalue weighted by Gasteiger charge is -2.19. The molecule has 6 nitrogen and oxygen atoms in total. The van der Waals surface area contributed by atoms with Gasteiger partial charge in [-0.05, 0) is 25.5 Å². The first-order chi connectivity index (χ1) is 9.54. The first-order valence-corrected chi connectivity index (χ1v) is 7.43. The number of nitrogens with zero attached hydrogens (tertiary/aromatic N) is 1. The minimum atomic E-state index is -4.42. The maximum absolute atomic E-state index is 13.8. The second kappa shape index (κ2) is 5.00. The highest BCUT2D eigenvalue weighted by atomic mass is 32.2. The Hall–Kier alpha value is -1.58. The van der Waals surface area contributed by atoms with Gasteiger partial charge in [0.2, 0.25) is 10.0 Å². The maximum Gasteiger partial charge on any atom is 0.335 e. The number of halogens is 2. The van der Waals surface area contributed by atoms with E-state index in [1.165, 1.54) is 6.92 Å². The smallest absolute Gasteiger partial charge is 0.335 e. The Labute approximate surface area is 119 Å². The Bertz CT molecular complexity index is 702. The van der Waals surface area contributed by atoms with Crippen molar-refractivity contribution in [2.45, 2.75) is 23.8 Å². The summed E-state index contributed by atoms with van der Waals surface area (Å²) in [5.74, 6) is -4.76. The molecule has 1 aromatic rings. The standard InChI is InChI=1S/C12H13F2NO5S/c1-12(18)2-3-15(6-12)21(19,20)9-5-7(11(16)17)4-8(13)10(9)14/h4-5,18H,2-3,6H2,1H3,(H,16,17). The van der Waals surface area contributed by atoms with Crippen molar-refractivity contribution in [2.75, 3.05) is 13.1 Å². The van der Waals surface area contributed by atoms with Crippen molar-refractivity contribution in [3.63, 3.8) is 0 Å². The van der Waals surface area contributed by atoms with Crippen molar-refractivity contribution in [1.29, 1.82) is 0 Å². The number of sulfonamides is 1. The molecule has 1 atom stereocenters. The van der Waals surface area contributed by atoms with Gasteiger partial charge in [-0.2, -0.15) is 4.31 Å². The largest absolute Gasteiger partial charge is 0.478 e. The molecule has 0 amide bonds. The lowest BCUT2D eigenvalue weighted by atomic mass is 10.1. The predicted molar refractivity (Wildman–Crippen MR) is 67.3 cm³/mol. The third-order valence-corrected chi connectivity index (χ3v) is 5.12. The van der Waals surface area contributed by atoms with E-state index in [2.05, 4.69) is 0 Å². The highest BCUT2D eigenvalue weighted by Gasteiger charge is 2.40. The van der Waals surface area contributed by atoms with E-state index in [1.54, 1.807) is 0 Å². The van der Waals surface area contributed by atoms with Gasteiger partial charge in [-0.15, -0.1) is 0 Å². The van der Waals surface area contributed by atoms with Crippen LogP contribution in [0.25, 0.3) is 0 Å². The van der Waals surface area contributed by atoms with Crippen LogP contribution in [0.2, 0.25) is 0 Å². The van der Waals surface area contributed by atoms with Crippen LogP contribution in [-0.4, -0.2) is 47.6 Å². The second-order valence-electron chi connectivity index (χ2n) is 5.16. The molecule has 0 spiro atoms. The normalized spacial score (nSPS) is 23.4. The molecule has 0 saturated carbocycles. The van der Waals surface area contributed by atoms with Crippen molar-refractivity contribution in [3.8, 4) is 0 Å². The number of carboxylic acids is 1. The topological polar surface area (TPSA) is 94.9 Å². The molecular formula is C12H13F2NO5S. The van der Waals surface area contributed by atoms with Crippen molar-refractivity contribution < 1.29 is 32.2 Å². The minimum absolute atomic E-state index is 0.0618. The molecule has 1 saturated heterocycles. The maximum atomic E-state index is 13.8. The number of carboxylic acid groups (broad SMARTS) is 1. The van der Waals surface area contributed by atoms with Gasteiger partial charge in [0.15, 0.2) is 11.6 Å². The Balaban J connectivity index is 2.53. The van der Waals surface area contributed by atoms with E-state index >= 15 is 0 Å². The lowest BCUT2D eigenvalue weighted by Crippen LogP contribution is -2.34. The van der Waals surface area contributed by atoms with Crippen molar-refractivity contribution in [1.82, 2.24) is 4.31 Å². The molecule has 0 radical (unpaired) electrons. The van der Waals surface area contributed by atoms with E-state index in [0.717, 1.165) is 4.31 Å². The Morgan fingerprint density at radius 1 is 1.38 bits per heavy atom. The number of benzene rings is 1. The minimum Gasteiger partial charge on any atom is -0.478 e. The summed E-state index contributed by atoms with van der Waals surface area (Å²) in [6.45, 7) is 1.09. The fraction of sp³-hybridized carbons (Fsp3) is 0.417. The van der Waals surface area contributed by atoms with Gasteiger partial charge in [-0.1, -0.05) is 0 Å². The molecule has 0 bridgehead atoms. The summed E-state index contributed by atoms with van der Waals surface area (Å²) in [4.78, 5) is 9.79. The van der Waals surface area contributed by atoms with Crippen LogP contribution in [-0.2, 0) is 10.0 Å². The van der Waals surface area contributed by atoms with Gasteiger partial charge in [0.1, 0.15) is 4.90 Å². The third-order valence-electron chi connectivity index (χ3n) is 3.28. The van der Waals surface area contributed by atoms with E-state index in [4.69, 9.17) is 5.11 Å². The first-order valence-electron chi connectivity index (χ1n) is 5.99. The van der Waals surface area contributed by atoms with Crippen LogP contribution >= 0.6 is 0 Å². The van der Waals surface area contributed by atoms with Crippen LogP contribution in [0, 0.1) is 11.6 Å². The highest BCUT2D eigenvalue weighted by Crippen LogP contribution is 2.29. The number of aromatic carboxylic acids is 1. The predicted octanol–water partition coefficient (Wildman–Crippen LogP) is 0.808. The van der Waals surface area contributed by atoms with Crippen molar-refractivity contribution in [3.05, 3.63) is 29.3 Å². The summed E-state index contributed by atoms with van der Waals surface area (Å²) in [5.41, 5.74) is -1.93. The van der Waals surface area contributed by atoms with E-state index in [0.29, 0.717) is 12.1 Å². The third kappa shape index (κ3) is 2.89. The second-order valence-corrected chi connectivity index (χ2v) is 7.07. The SMILES string of the molecule is CC1(O)CCN(S(=O)(=O)c2cc(C(=O)O)cc(F)c2F)C1. The summed E-state index contributed by atoms with van der Waals surface area (Å²) in [5, 5.41) is 18.6. The zero-order valence-electron chi connectivity index (χ0n) is 11.0. The molecule has 0 aliphatic carbocycles. The molecule has 1 aliphatic heterocycles. The summed E-state index contributed by atoms with van der Waals surface area (Å²) in [7, 11) is -4.42. The van der Waals surface area contributed by atoms with Crippen LogP contribution in [0.3, 0.4) is 0 Å². The first kappa shape index (κ1) is 15.8. The molecule has 1 unspecified atom stereocenters. The fourth-order valence-electron chi connectivity index (χ4n) is 2.12. The highest BCUT2D eigenvalue weighted by molar-refractivity contribution is 7.89. The number of hydrogen-bond donors (Lipinski definition) is 2. The zero-order valence-corrected chi connectivity index (χ0v) is 11.8. The van der Waals surface area contributed by atoms with Crippen LogP contribution in [0.1, 0.15) is 23.7 Å². The number of aliphatic hydroxyl groups is 1. The number of rotatable bonds is 3. The summed E-state index contributed by atoms with van der Waals surface area (Å²) in [6.07, 6.45) is 0.148. The molecule has 1 aliphatic rings. The average Bonchev–Trinajstić information content (AvgIpc) is 2.73. The van der Waals surface area contributed by atoms with Gasteiger partial charge >= 0.3 is 5.97 Å². The molecule has 2 N–H and O–H groups in total. The molecule has 1 heterocycles. The molecule has 1 fully saturated rings. The molecule has 2 rings (SSSR count). The fourth-order valence-corrected chi connectivity index (χ4v) is 3.78. The van der Waals surface area contributed by atoms with Gasteiger partial charge < -0.3 is 10.2 Å². The molecule has 9 heteroatoms. The number of hydrogen-bond acceptors (Lipinski definition) is 4. The lowest BCUT2D eigenvalue weighted by molar-refractivity contribution is 0.0694. The van der Waals surface area contributed by atoms with E-state index < -0.39 is 43.7 Å². The number of β-amino-alcohol motifs (C(OH)–C–C–N with tert-alkyl or cyclic N) is 1. The van der Waals surface area contributed by atoms with Crippen LogP contribution in [0.15, 0.2) is 17.0 Å². The van der Waals surface area contributed by atoms with Gasteiger partial charge in [0.05, 0.1) is 11.2 Å². The summed E-state index contributed by atoms with van der Waals surface area (Å²) >= 11 is 0. The van der Waals surface area contributed by atoms with E-state index in [1.807, 2.05) is 0 Å². The van der Waals surface area contributed by atoms with Gasteiger partial charge in [0, 0.05) is 13.1 Å². The summed E-state index contributed by atoms with van der Waals surface area (Å²) < 4.78 is 52.5. The van der Waals surface area contributed by atoms with Gasteiger partial charge in [-0.3, -0.25) is 0 Å². The van der Waals surface area contributed by atoms with Gasteiger partial charge in [-0.25, -0.2) is 22.0 Å². The average molecular weight is 321 g/mol. The van der Waals surface area contributed by atoms with Crippen LogP contribution in [0.5, 0.6) is 0 Å². The van der Waals surface area contributed by atoms with Gasteiger partial charge in [0.25, 0.3) is 0 Å². The summed E-state index contributed by atoms with van der Waals surface area (Å²) in [6, 6.07) is 0.986. The van der Waals surface area contributed by atoms with Crippen LogP contribution < -0.4 is 0 Å². The molecule has 21 heavy (non-hydrogen) atoms. The molecule has 0 aromatic heterocycles. The molecule has 1 aromatic carbocycles. The molecular weight excluding hydrogens is 308 g/mol. The van der Waals surface area contributed by atoms with Crippen molar-refractivity contribution in [2.24, 2.45) is 0 Å². The Kier molecular flexibility index (Phi) is 3.77. The Morgan fingerprint density at radius 3 is 2.48 bits per heavy atom. The number of carbonyl (C=O) groups is 1. The molecule has 116 valence electrons. The zero-order chi connectivity index (χ0) is 16.0. The van der Waals surface area contributed by atoms with Crippen molar-refractivity contribution >= 4 is 16.0 Å². The quantitative estimate of drug-likeness (QED) is 0.859. The van der Waals surface area contributed by atoms with E-state index in [9.17, 15) is 27.1 Å². The Morgan fingerprint density at radius 2 is 2.00 bits per heavy atom. The monoisotopic (exact) mass is 321 g/mol. The van der Waals surface area contributed by atoms with Crippen LogP contribution in [0.4, 0.5) is 8.78 Å².